The summed E-state index contributed by atoms with van der Waals surface area (Å²) in [5.41, 5.74) is 5.50. The summed E-state index contributed by atoms with van der Waals surface area (Å²) < 4.78 is 69.6. The Hall–Kier alpha value is -2.16. The normalized spacial score (nSPS) is 31.0. The van der Waals surface area contributed by atoms with Crippen molar-refractivity contribution in [2.75, 3.05) is 0 Å². The molecule has 232 valence electrons. The molecule has 2 bridgehead atoms. The van der Waals surface area contributed by atoms with Crippen LogP contribution in [0, 0.1) is 17.8 Å². The third kappa shape index (κ3) is 6.91. The maximum Gasteiger partial charge on any atom is 0.471 e. The van der Waals surface area contributed by atoms with E-state index in [0.29, 0.717) is 19.3 Å². The quantitative estimate of drug-likeness (QED) is 0.155. The van der Waals surface area contributed by atoms with Gasteiger partial charge in [-0.1, -0.05) is 19.3 Å². The maximum atomic E-state index is 15.1. The molecule has 0 radical (unpaired) electrons. The van der Waals surface area contributed by atoms with Crippen LogP contribution in [0.1, 0.15) is 71.6 Å². The van der Waals surface area contributed by atoms with Gasteiger partial charge in [0.25, 0.3) is 5.92 Å². The molecule has 7 atom stereocenters. The molecule has 4 amide bonds. The van der Waals surface area contributed by atoms with E-state index >= 15 is 8.78 Å². The molecule has 9 nitrogen and oxygen atoms in total. The van der Waals surface area contributed by atoms with Crippen molar-refractivity contribution in [1.82, 2.24) is 20.9 Å². The fraction of sp³-hybridized carbons (Fsp3) is 0.846. The van der Waals surface area contributed by atoms with Gasteiger partial charge in [-0.15, -0.1) is 0 Å². The number of alkyl halides is 5. The second-order valence-corrected chi connectivity index (χ2v) is 13.3. The molecule has 0 aromatic heterocycles. The van der Waals surface area contributed by atoms with Crippen LogP contribution in [0.5, 0.6) is 0 Å². The Morgan fingerprint density at radius 3 is 2.24 bits per heavy atom. The van der Waals surface area contributed by atoms with E-state index in [-0.39, 0.29) is 37.5 Å². The molecule has 0 aromatic carbocycles. The molecule has 5 aliphatic rings. The fourth-order valence-corrected chi connectivity index (χ4v) is 6.97. The van der Waals surface area contributed by atoms with Crippen molar-refractivity contribution in [3.63, 3.8) is 0 Å². The number of nitrogens with one attached hydrogen (secondary N) is 3. The van der Waals surface area contributed by atoms with Crippen LogP contribution in [-0.2, 0) is 19.2 Å². The molecule has 3 saturated heterocycles. The third-order valence-electron chi connectivity index (χ3n) is 8.98. The number of thiol groups is 1. The number of hydrogen-bond donors (Lipinski definition) is 5. The summed E-state index contributed by atoms with van der Waals surface area (Å²) >= 11 is 4.23. The van der Waals surface area contributed by atoms with Crippen LogP contribution in [0.2, 0.25) is 0 Å². The van der Waals surface area contributed by atoms with Crippen molar-refractivity contribution >= 4 is 36.3 Å². The number of nitrogens with zero attached hydrogens (tertiary/aromatic N) is 1. The van der Waals surface area contributed by atoms with Gasteiger partial charge in [0.1, 0.15) is 12.1 Å². The van der Waals surface area contributed by atoms with E-state index in [1.165, 1.54) is 0 Å². The number of rotatable bonds is 9. The molecule has 3 heterocycles. The van der Waals surface area contributed by atoms with Gasteiger partial charge in [0.05, 0.1) is 17.3 Å². The first kappa shape index (κ1) is 31.8. The van der Waals surface area contributed by atoms with Crippen molar-refractivity contribution in [2.24, 2.45) is 23.5 Å². The van der Waals surface area contributed by atoms with Gasteiger partial charge < -0.3 is 26.6 Å². The van der Waals surface area contributed by atoms with E-state index in [1.54, 1.807) is 5.32 Å². The van der Waals surface area contributed by atoms with Crippen LogP contribution in [0.4, 0.5) is 22.0 Å². The number of halogens is 5. The zero-order valence-corrected chi connectivity index (χ0v) is 23.9. The fourth-order valence-electron chi connectivity index (χ4n) is 6.77. The first-order valence-corrected chi connectivity index (χ1v) is 14.5. The van der Waals surface area contributed by atoms with Crippen LogP contribution >= 0.6 is 12.6 Å². The molecule has 15 heteroatoms. The summed E-state index contributed by atoms with van der Waals surface area (Å²) in [7, 11) is 0. The molecule has 1 unspecified atom stereocenters. The van der Waals surface area contributed by atoms with E-state index in [0.717, 1.165) is 11.3 Å². The highest BCUT2D eigenvalue weighted by Gasteiger charge is 2.61. The van der Waals surface area contributed by atoms with Gasteiger partial charge in [0.15, 0.2) is 0 Å². The lowest BCUT2D eigenvalue weighted by atomic mass is 9.71. The first-order valence-electron chi connectivity index (χ1n) is 14.0. The Labute approximate surface area is 240 Å². The van der Waals surface area contributed by atoms with E-state index in [4.69, 9.17) is 5.73 Å². The largest absolute Gasteiger partial charge is 0.471 e. The van der Waals surface area contributed by atoms with Crippen molar-refractivity contribution in [2.45, 2.75) is 119 Å². The summed E-state index contributed by atoms with van der Waals surface area (Å²) in [5, 5.41) is 6.25. The number of fused-ring (bicyclic) bond motifs is 3. The van der Waals surface area contributed by atoms with Gasteiger partial charge in [0, 0.05) is 23.9 Å². The highest BCUT2D eigenvalue weighted by Crippen LogP contribution is 2.49. The summed E-state index contributed by atoms with van der Waals surface area (Å²) in [4.78, 5) is 52.7. The average molecular weight is 612 g/mol. The van der Waals surface area contributed by atoms with Gasteiger partial charge in [-0.25, -0.2) is 8.78 Å². The molecular formula is C26H38F5N5O4S. The van der Waals surface area contributed by atoms with Crippen LogP contribution < -0.4 is 21.7 Å². The molecule has 5 rings (SSSR count). The number of piperidine rings is 2. The minimum atomic E-state index is -5.25. The first-order chi connectivity index (χ1) is 18.9. The molecule has 2 aliphatic carbocycles. The van der Waals surface area contributed by atoms with Crippen LogP contribution in [0.25, 0.3) is 0 Å². The van der Waals surface area contributed by atoms with E-state index in [9.17, 15) is 32.3 Å². The van der Waals surface area contributed by atoms with Gasteiger partial charge in [-0.05, 0) is 51.9 Å². The second kappa shape index (κ2) is 11.5. The Balaban J connectivity index is 1.59. The lowest BCUT2D eigenvalue weighted by Crippen LogP contribution is -2.71. The Morgan fingerprint density at radius 1 is 1.10 bits per heavy atom. The monoisotopic (exact) mass is 611 g/mol. The van der Waals surface area contributed by atoms with Crippen molar-refractivity contribution in [3.05, 3.63) is 0 Å². The minimum Gasteiger partial charge on any atom is -0.351 e. The van der Waals surface area contributed by atoms with E-state index in [2.05, 4.69) is 23.3 Å². The number of nitrogens with two attached hydrogens (primary N) is 1. The van der Waals surface area contributed by atoms with Crippen LogP contribution in [0.3, 0.4) is 0 Å². The smallest absolute Gasteiger partial charge is 0.351 e. The number of hydrogen-bond acceptors (Lipinski definition) is 6. The Kier molecular flexibility index (Phi) is 8.91. The Morgan fingerprint density at radius 2 is 1.76 bits per heavy atom. The lowest BCUT2D eigenvalue weighted by Gasteiger charge is -2.54. The summed E-state index contributed by atoms with van der Waals surface area (Å²) in [6.07, 6.45) is -3.34. The predicted octanol–water partition coefficient (Wildman–Crippen LogP) is 2.24. The van der Waals surface area contributed by atoms with Crippen molar-refractivity contribution < 1.29 is 41.1 Å². The number of carbonyl (C=O) groups excluding carboxylic acids is 4. The minimum absolute atomic E-state index is 0.0709. The predicted molar refractivity (Wildman–Crippen MR) is 140 cm³/mol. The zero-order valence-electron chi connectivity index (χ0n) is 23.0. The Bertz CT molecular complexity index is 1050. The molecular weight excluding hydrogens is 573 g/mol. The highest BCUT2D eigenvalue weighted by atomic mass is 32.1. The lowest BCUT2D eigenvalue weighted by molar-refractivity contribution is -0.196. The van der Waals surface area contributed by atoms with E-state index in [1.807, 2.05) is 13.8 Å². The molecule has 41 heavy (non-hydrogen) atoms. The van der Waals surface area contributed by atoms with Gasteiger partial charge in [-0.3, -0.25) is 19.2 Å². The van der Waals surface area contributed by atoms with Gasteiger partial charge in [0.2, 0.25) is 17.7 Å². The molecule has 3 aliphatic heterocycles. The SMILES string of the molecule is CC1(C)C[C@H](C[C@H](NC(=O)[C@@H]2[C@@H]3CC[C@@H](CC3(F)F)N2C(=O)[C@@H](CC2CCC2)NC(=O)C(F)(F)F)C(N)S)C(=O)N1. The van der Waals surface area contributed by atoms with Crippen LogP contribution in [0.15, 0.2) is 0 Å². The highest BCUT2D eigenvalue weighted by molar-refractivity contribution is 7.80. The average Bonchev–Trinajstić information content (AvgIpc) is 3.08. The molecule has 5 N–H and O–H groups in total. The van der Waals surface area contributed by atoms with Crippen molar-refractivity contribution in [3.8, 4) is 0 Å². The summed E-state index contributed by atoms with van der Waals surface area (Å²) in [6.45, 7) is 3.67. The zero-order chi connectivity index (χ0) is 30.5. The summed E-state index contributed by atoms with van der Waals surface area (Å²) in [6, 6.07) is -5.34. The second-order valence-electron chi connectivity index (χ2n) is 12.7. The topological polar surface area (TPSA) is 134 Å². The number of amides is 4. The molecule has 2 saturated carbocycles. The van der Waals surface area contributed by atoms with E-state index < -0.39 is 83.2 Å². The molecule has 0 spiro atoms. The van der Waals surface area contributed by atoms with Gasteiger partial charge >= 0.3 is 12.1 Å². The molecule has 0 aromatic rings. The summed E-state index contributed by atoms with van der Waals surface area (Å²) in [5.74, 6) is -9.99. The maximum absolute atomic E-state index is 15.1. The standard InChI is InChI=1S/C26H38F5N5O4S/c1-24(2)10-13(20(37)35-24)9-16(19(32)41)33-21(38)18-15-7-6-14(11-25(15,27)28)36(18)22(39)17(8-12-4-3-5-12)34-23(40)26(29,30)31/h12-19,41H,3-11,32H2,1-2H3,(H,33,38)(H,34,40)(H,35,37)/t13-,14-,15-,16-,17+,18-,19?/m0/s1. The molecule has 5 fully saturated rings. The van der Waals surface area contributed by atoms with Crippen molar-refractivity contribution in [1.29, 1.82) is 0 Å². The third-order valence-corrected chi connectivity index (χ3v) is 9.34. The number of carbonyl (C=O) groups is 4. The van der Waals surface area contributed by atoms with Crippen LogP contribution in [-0.4, -0.2) is 75.7 Å². The van der Waals surface area contributed by atoms with Gasteiger partial charge in [-0.2, -0.15) is 25.8 Å².